The van der Waals surface area contributed by atoms with E-state index in [0.717, 1.165) is 0 Å². The highest BCUT2D eigenvalue weighted by atomic mass is 32.2. The highest BCUT2D eigenvalue weighted by Gasteiger charge is 2.28. The molecule has 1 aromatic heterocycles. The number of Topliss-reactive ketones (excluding diaryl/α,β-unsaturated/α-hetero) is 1. The average molecular weight is 626 g/mol. The van der Waals surface area contributed by atoms with Crippen molar-refractivity contribution in [3.05, 3.63) is 89.6 Å². The van der Waals surface area contributed by atoms with Crippen LogP contribution < -0.4 is 32.6 Å². The third kappa shape index (κ3) is 11.0. The Labute approximate surface area is 254 Å². The van der Waals surface area contributed by atoms with Crippen LogP contribution in [0.15, 0.2) is 76.5 Å². The third-order valence-corrected chi connectivity index (χ3v) is 7.56. The number of guanidine groups is 1. The minimum absolute atomic E-state index is 0.0598. The smallest absolute Gasteiger partial charge is 0.265 e. The van der Waals surface area contributed by atoms with Gasteiger partial charge in [0.15, 0.2) is 5.96 Å². The van der Waals surface area contributed by atoms with Gasteiger partial charge >= 0.3 is 0 Å². The Morgan fingerprint density at radius 2 is 1.68 bits per heavy atom. The Bertz CT molecular complexity index is 1560. The molecule has 0 spiro atoms. The fourth-order valence-corrected chi connectivity index (χ4v) is 5.44. The second kappa shape index (κ2) is 15.9. The van der Waals surface area contributed by atoms with Crippen LogP contribution in [0, 0.1) is 5.41 Å². The van der Waals surface area contributed by atoms with Crippen molar-refractivity contribution in [2.24, 2.45) is 22.2 Å². The number of nitrogen functional groups attached to an aromatic ring is 1. The van der Waals surface area contributed by atoms with Gasteiger partial charge in [-0.25, -0.2) is 18.1 Å². The topological polar surface area (TPSA) is 262 Å². The summed E-state index contributed by atoms with van der Waals surface area (Å²) >= 11 is 0. The Hall–Kier alpha value is -5.09. The molecular weight excluding hydrogens is 590 g/mol. The Kier molecular flexibility index (Phi) is 12.1. The first-order valence-electron chi connectivity index (χ1n) is 13.5. The fraction of sp³-hybridized carbons (Fsp3) is 0.286. The number of amidine groups is 1. The van der Waals surface area contributed by atoms with E-state index in [4.69, 9.17) is 27.0 Å². The fourth-order valence-electron chi connectivity index (χ4n) is 4.10. The lowest BCUT2D eigenvalue weighted by atomic mass is 10.0. The number of hydrogen-bond acceptors (Lipinski definition) is 9. The van der Waals surface area contributed by atoms with Gasteiger partial charge in [-0.1, -0.05) is 54.6 Å². The highest BCUT2D eigenvalue weighted by Crippen LogP contribution is 2.11. The number of carbonyl (C=O) groups excluding carboxylic acids is 3. The summed E-state index contributed by atoms with van der Waals surface area (Å²) in [5, 5.41) is 12.5. The van der Waals surface area contributed by atoms with Crippen LogP contribution in [0.2, 0.25) is 0 Å². The molecule has 0 aliphatic carbocycles. The van der Waals surface area contributed by atoms with Crippen molar-refractivity contribution in [3.8, 4) is 0 Å². The number of carbonyl (C=O) groups is 3. The molecule has 0 fully saturated rings. The Morgan fingerprint density at radius 3 is 2.30 bits per heavy atom. The van der Waals surface area contributed by atoms with Crippen molar-refractivity contribution in [2.75, 3.05) is 13.1 Å². The zero-order chi connectivity index (χ0) is 32.1. The van der Waals surface area contributed by atoms with E-state index >= 15 is 0 Å². The molecule has 0 unspecified atom stereocenters. The lowest BCUT2D eigenvalue weighted by Gasteiger charge is -2.20. The summed E-state index contributed by atoms with van der Waals surface area (Å²) in [5.74, 6) is -2.89. The molecule has 2 amide bonds. The molecule has 0 bridgehead atoms. The number of amides is 2. The van der Waals surface area contributed by atoms with Crippen LogP contribution in [0.3, 0.4) is 0 Å². The summed E-state index contributed by atoms with van der Waals surface area (Å²) in [7, 11) is -3.99. The number of nitrogens with one attached hydrogen (secondary N) is 4. The van der Waals surface area contributed by atoms with E-state index < -0.39 is 46.2 Å². The lowest BCUT2D eigenvalue weighted by Crippen LogP contribution is -2.51. The summed E-state index contributed by atoms with van der Waals surface area (Å²) in [4.78, 5) is 46.6. The molecule has 2 atom stereocenters. The summed E-state index contributed by atoms with van der Waals surface area (Å²) in [6.45, 7) is -0.342. The van der Waals surface area contributed by atoms with Gasteiger partial charge in [-0.15, -0.1) is 0 Å². The molecule has 44 heavy (non-hydrogen) atoms. The zero-order valence-electron chi connectivity index (χ0n) is 23.7. The second-order valence-electron chi connectivity index (χ2n) is 9.72. The van der Waals surface area contributed by atoms with Crippen LogP contribution >= 0.6 is 0 Å². The number of aliphatic imine (C=N–C) groups is 1. The SMILES string of the molecule is N=C(N)c1ccc(C[C@@H](NS(=O)(=O)Cc2ccccc2)C(=O)NCC(=O)N[C@@H](CCCN=C(N)N)C(=O)c2ncco2)cc1. The largest absolute Gasteiger partial charge is 0.442 e. The van der Waals surface area contributed by atoms with Gasteiger partial charge < -0.3 is 32.3 Å². The number of nitrogens with zero attached hydrogens (tertiary/aromatic N) is 2. The summed E-state index contributed by atoms with van der Waals surface area (Å²) in [6, 6.07) is 12.5. The van der Waals surface area contributed by atoms with E-state index in [0.29, 0.717) is 23.1 Å². The van der Waals surface area contributed by atoms with Gasteiger partial charge in [-0.3, -0.25) is 24.8 Å². The molecule has 2 aromatic carbocycles. The number of rotatable bonds is 17. The van der Waals surface area contributed by atoms with Crippen molar-refractivity contribution in [2.45, 2.75) is 37.1 Å². The van der Waals surface area contributed by atoms with Gasteiger partial charge in [0.25, 0.3) is 5.89 Å². The van der Waals surface area contributed by atoms with Crippen molar-refractivity contribution < 1.29 is 27.2 Å². The molecule has 3 aromatic rings. The number of ketones is 1. The molecule has 0 aliphatic heterocycles. The van der Waals surface area contributed by atoms with Crippen LogP contribution in [-0.4, -0.2) is 68.0 Å². The molecule has 0 saturated heterocycles. The molecule has 3 rings (SSSR count). The van der Waals surface area contributed by atoms with Gasteiger partial charge in [-0.05, 0) is 30.4 Å². The van der Waals surface area contributed by atoms with Gasteiger partial charge in [0.2, 0.25) is 27.6 Å². The Balaban J connectivity index is 1.70. The molecule has 0 aliphatic rings. The number of benzene rings is 2. The van der Waals surface area contributed by atoms with Crippen molar-refractivity contribution in [3.63, 3.8) is 0 Å². The van der Waals surface area contributed by atoms with Crippen LogP contribution in [-0.2, 0) is 31.8 Å². The van der Waals surface area contributed by atoms with Gasteiger partial charge in [0.05, 0.1) is 24.5 Å². The minimum atomic E-state index is -3.99. The van der Waals surface area contributed by atoms with Gasteiger partial charge in [0.1, 0.15) is 18.1 Å². The number of aromatic nitrogens is 1. The van der Waals surface area contributed by atoms with Crippen molar-refractivity contribution in [1.29, 1.82) is 5.41 Å². The zero-order valence-corrected chi connectivity index (χ0v) is 24.5. The maximum absolute atomic E-state index is 13.2. The van der Waals surface area contributed by atoms with E-state index in [9.17, 15) is 22.8 Å². The molecular formula is C28H35N9O6S. The number of nitrogens with two attached hydrogens (primary N) is 3. The predicted molar refractivity (Wildman–Crippen MR) is 163 cm³/mol. The third-order valence-electron chi connectivity index (χ3n) is 6.21. The quantitative estimate of drug-likeness (QED) is 0.0439. The first kappa shape index (κ1) is 33.4. The Morgan fingerprint density at radius 1 is 0.977 bits per heavy atom. The maximum atomic E-state index is 13.2. The molecule has 15 nitrogen and oxygen atoms in total. The molecule has 0 saturated carbocycles. The molecule has 234 valence electrons. The average Bonchev–Trinajstić information content (AvgIpc) is 3.52. The summed E-state index contributed by atoms with van der Waals surface area (Å²) < 4.78 is 33.5. The first-order valence-corrected chi connectivity index (χ1v) is 15.1. The normalized spacial score (nSPS) is 12.5. The van der Waals surface area contributed by atoms with Crippen molar-refractivity contribution >= 4 is 39.4 Å². The van der Waals surface area contributed by atoms with Gasteiger partial charge in [-0.2, -0.15) is 0 Å². The minimum Gasteiger partial charge on any atom is -0.442 e. The number of oxazole rings is 1. The highest BCUT2D eigenvalue weighted by molar-refractivity contribution is 7.88. The maximum Gasteiger partial charge on any atom is 0.265 e. The summed E-state index contributed by atoms with van der Waals surface area (Å²) in [6.07, 6.45) is 2.94. The van der Waals surface area contributed by atoms with Crippen LogP contribution in [0.5, 0.6) is 0 Å². The number of hydrogen-bond donors (Lipinski definition) is 7. The van der Waals surface area contributed by atoms with Crippen LogP contribution in [0.25, 0.3) is 0 Å². The van der Waals surface area contributed by atoms with E-state index in [1.807, 2.05) is 0 Å². The predicted octanol–water partition coefficient (Wildman–Crippen LogP) is -0.473. The summed E-state index contributed by atoms with van der Waals surface area (Å²) in [5.41, 5.74) is 17.7. The lowest BCUT2D eigenvalue weighted by molar-refractivity contribution is -0.127. The number of sulfonamides is 1. The standard InChI is InChI=1S/C28H35N9O6S/c29-25(30)20-10-8-18(9-11-20)15-22(37-44(41,42)17-19-5-2-1-3-6-19)26(40)35-16-23(38)36-21(7-4-12-34-28(31)32)24(39)27-33-13-14-43-27/h1-3,5-6,8-11,13-14,21-22,37H,4,7,12,15-17H2,(H3,29,30)(H,35,40)(H,36,38)(H4,31,32,34)/t21-,22+/m0/s1. The van der Waals surface area contributed by atoms with E-state index in [2.05, 4.69) is 25.3 Å². The molecule has 1 heterocycles. The second-order valence-corrected chi connectivity index (χ2v) is 11.5. The van der Waals surface area contributed by atoms with Crippen LogP contribution in [0.4, 0.5) is 0 Å². The first-order chi connectivity index (χ1) is 20.9. The van der Waals surface area contributed by atoms with E-state index in [1.165, 1.54) is 12.5 Å². The molecule has 16 heteroatoms. The van der Waals surface area contributed by atoms with Crippen LogP contribution in [0.1, 0.15) is 40.2 Å². The monoisotopic (exact) mass is 625 g/mol. The molecule has 0 radical (unpaired) electrons. The van der Waals surface area contributed by atoms with E-state index in [1.54, 1.807) is 54.6 Å². The van der Waals surface area contributed by atoms with Gasteiger partial charge in [0, 0.05) is 12.1 Å². The van der Waals surface area contributed by atoms with E-state index in [-0.39, 0.29) is 42.8 Å². The van der Waals surface area contributed by atoms with Crippen molar-refractivity contribution in [1.82, 2.24) is 20.3 Å². The molecule has 10 N–H and O–H groups in total.